The molecule has 23 heavy (non-hydrogen) atoms. The van der Waals surface area contributed by atoms with Crippen molar-refractivity contribution in [1.29, 1.82) is 0 Å². The molecule has 2 fully saturated rings. The molecule has 1 N–H and O–H groups in total. The van der Waals surface area contributed by atoms with Crippen LogP contribution in [0.25, 0.3) is 0 Å². The van der Waals surface area contributed by atoms with Crippen LogP contribution in [0.15, 0.2) is 0 Å². The van der Waals surface area contributed by atoms with Gasteiger partial charge in [-0.15, -0.1) is 12.4 Å². The van der Waals surface area contributed by atoms with E-state index in [1.807, 2.05) is 30.6 Å². The minimum atomic E-state index is -0.373. The number of halogens is 1. The van der Waals surface area contributed by atoms with Gasteiger partial charge in [0.15, 0.2) is 0 Å². The molecule has 0 aliphatic carbocycles. The molecule has 3 unspecified atom stereocenters. The highest BCUT2D eigenvalue weighted by molar-refractivity contribution is 5.85. The predicted molar refractivity (Wildman–Crippen MR) is 94.6 cm³/mol. The minimum Gasteiger partial charge on any atom is -0.341 e. The first-order valence-electron chi connectivity index (χ1n) is 8.55. The summed E-state index contributed by atoms with van der Waals surface area (Å²) in [7, 11) is 0. The average Bonchev–Trinajstić information content (AvgIpc) is 2.48. The van der Waals surface area contributed by atoms with Crippen molar-refractivity contribution < 1.29 is 9.59 Å². The van der Waals surface area contributed by atoms with Gasteiger partial charge >= 0.3 is 0 Å². The molecule has 2 saturated heterocycles. The molecule has 2 aliphatic rings. The van der Waals surface area contributed by atoms with E-state index in [-0.39, 0.29) is 41.6 Å². The topological polar surface area (TPSA) is 52.7 Å². The Morgan fingerprint density at radius 3 is 2.39 bits per heavy atom. The average molecular weight is 346 g/mol. The first-order chi connectivity index (χ1) is 10.2. The van der Waals surface area contributed by atoms with E-state index in [9.17, 15) is 9.59 Å². The van der Waals surface area contributed by atoms with Crippen LogP contribution < -0.4 is 5.32 Å². The van der Waals surface area contributed by atoms with Crippen LogP contribution in [0.2, 0.25) is 0 Å². The Kier molecular flexibility index (Phi) is 6.90. The Morgan fingerprint density at radius 2 is 1.78 bits per heavy atom. The molecular weight excluding hydrogens is 314 g/mol. The van der Waals surface area contributed by atoms with Crippen molar-refractivity contribution in [3.63, 3.8) is 0 Å². The fourth-order valence-corrected chi connectivity index (χ4v) is 3.44. The third-order valence-corrected chi connectivity index (χ3v) is 5.02. The second-order valence-electron chi connectivity index (χ2n) is 7.86. The number of piperidine rings is 1. The standard InChI is InChI=1S/C17H31N3O2.ClH/c1-12-13(2)20(10-8-18-12)15(21)14-7-6-9-19(11-14)16(22)17(3,4)5;/h12-14,18H,6-11H2,1-5H3;1H. The number of carbonyl (C=O) groups excluding carboxylic acids is 2. The Morgan fingerprint density at radius 1 is 1.13 bits per heavy atom. The number of likely N-dealkylation sites (tertiary alicyclic amines) is 1. The van der Waals surface area contributed by atoms with Gasteiger partial charge in [-0.1, -0.05) is 20.8 Å². The van der Waals surface area contributed by atoms with Crippen molar-refractivity contribution in [1.82, 2.24) is 15.1 Å². The van der Waals surface area contributed by atoms with Gasteiger partial charge in [0.2, 0.25) is 11.8 Å². The lowest BCUT2D eigenvalue weighted by Gasteiger charge is -2.42. The van der Waals surface area contributed by atoms with E-state index in [4.69, 9.17) is 0 Å². The quantitative estimate of drug-likeness (QED) is 0.789. The number of piperazine rings is 1. The van der Waals surface area contributed by atoms with E-state index in [1.165, 1.54) is 0 Å². The Bertz CT molecular complexity index is 436. The zero-order valence-corrected chi connectivity index (χ0v) is 15.9. The summed E-state index contributed by atoms with van der Waals surface area (Å²) in [5, 5.41) is 3.41. The molecular formula is C17H32ClN3O2. The van der Waals surface area contributed by atoms with Crippen molar-refractivity contribution >= 4 is 24.2 Å². The molecule has 0 aromatic carbocycles. The molecule has 2 heterocycles. The van der Waals surface area contributed by atoms with Gasteiger partial charge in [-0.3, -0.25) is 9.59 Å². The lowest BCUT2D eigenvalue weighted by molar-refractivity contribution is -0.147. The van der Waals surface area contributed by atoms with Crippen LogP contribution in [0, 0.1) is 11.3 Å². The summed E-state index contributed by atoms with van der Waals surface area (Å²) in [5.41, 5.74) is -0.373. The second kappa shape index (κ2) is 7.84. The van der Waals surface area contributed by atoms with Gasteiger partial charge in [0.1, 0.15) is 0 Å². The highest BCUT2D eigenvalue weighted by Gasteiger charge is 2.37. The molecule has 0 spiro atoms. The Hall–Kier alpha value is -0.810. The van der Waals surface area contributed by atoms with Gasteiger partial charge in [-0.2, -0.15) is 0 Å². The lowest BCUT2D eigenvalue weighted by Crippen LogP contribution is -2.59. The predicted octanol–water partition coefficient (Wildman–Crippen LogP) is 1.90. The monoisotopic (exact) mass is 345 g/mol. The Balaban J connectivity index is 0.00000264. The van der Waals surface area contributed by atoms with Gasteiger partial charge in [-0.05, 0) is 26.7 Å². The van der Waals surface area contributed by atoms with Gasteiger partial charge in [-0.25, -0.2) is 0 Å². The van der Waals surface area contributed by atoms with Gasteiger partial charge < -0.3 is 15.1 Å². The molecule has 0 aromatic heterocycles. The molecule has 134 valence electrons. The zero-order valence-electron chi connectivity index (χ0n) is 15.1. The fourth-order valence-electron chi connectivity index (χ4n) is 3.44. The van der Waals surface area contributed by atoms with Crippen molar-refractivity contribution in [2.45, 2.75) is 59.5 Å². The number of rotatable bonds is 1. The van der Waals surface area contributed by atoms with Crippen LogP contribution in [-0.4, -0.2) is 59.9 Å². The zero-order chi connectivity index (χ0) is 16.5. The molecule has 2 aliphatic heterocycles. The fraction of sp³-hybridized carbons (Fsp3) is 0.882. The van der Waals surface area contributed by atoms with Crippen molar-refractivity contribution in [3.05, 3.63) is 0 Å². The normalized spacial score (nSPS) is 29.0. The largest absolute Gasteiger partial charge is 0.341 e. The van der Waals surface area contributed by atoms with E-state index in [0.717, 1.165) is 32.5 Å². The summed E-state index contributed by atoms with van der Waals surface area (Å²) in [6.07, 6.45) is 1.83. The van der Waals surface area contributed by atoms with Gasteiger partial charge in [0, 0.05) is 43.7 Å². The van der Waals surface area contributed by atoms with Crippen molar-refractivity contribution in [2.24, 2.45) is 11.3 Å². The smallest absolute Gasteiger partial charge is 0.227 e. The maximum atomic E-state index is 12.9. The summed E-state index contributed by atoms with van der Waals surface area (Å²) in [6.45, 7) is 13.1. The van der Waals surface area contributed by atoms with Crippen LogP contribution in [0.3, 0.4) is 0 Å². The maximum Gasteiger partial charge on any atom is 0.227 e. The summed E-state index contributed by atoms with van der Waals surface area (Å²) >= 11 is 0. The first-order valence-corrected chi connectivity index (χ1v) is 8.55. The third kappa shape index (κ3) is 4.60. The Labute approximate surface area is 146 Å². The number of carbonyl (C=O) groups is 2. The van der Waals surface area contributed by atoms with Crippen LogP contribution in [0.1, 0.15) is 47.5 Å². The van der Waals surface area contributed by atoms with Crippen molar-refractivity contribution in [2.75, 3.05) is 26.2 Å². The molecule has 2 rings (SSSR count). The highest BCUT2D eigenvalue weighted by Crippen LogP contribution is 2.25. The van der Waals surface area contributed by atoms with Crippen molar-refractivity contribution in [3.8, 4) is 0 Å². The van der Waals surface area contributed by atoms with Gasteiger partial charge in [0.05, 0.1) is 5.92 Å². The number of hydrogen-bond acceptors (Lipinski definition) is 3. The maximum absolute atomic E-state index is 12.9. The summed E-state index contributed by atoms with van der Waals surface area (Å²) in [5.74, 6) is 0.354. The molecule has 0 saturated carbocycles. The molecule has 5 nitrogen and oxygen atoms in total. The van der Waals surface area contributed by atoms with Crippen LogP contribution >= 0.6 is 12.4 Å². The number of nitrogens with zero attached hydrogens (tertiary/aromatic N) is 2. The molecule has 2 amide bonds. The summed E-state index contributed by atoms with van der Waals surface area (Å²) in [6, 6.07) is 0.545. The van der Waals surface area contributed by atoms with Crippen LogP contribution in [0.5, 0.6) is 0 Å². The van der Waals surface area contributed by atoms with E-state index < -0.39 is 0 Å². The molecule has 0 bridgehead atoms. The highest BCUT2D eigenvalue weighted by atomic mass is 35.5. The molecule has 6 heteroatoms. The molecule has 0 radical (unpaired) electrons. The number of hydrogen-bond donors (Lipinski definition) is 1. The molecule has 3 atom stereocenters. The summed E-state index contributed by atoms with van der Waals surface area (Å²) in [4.78, 5) is 29.3. The van der Waals surface area contributed by atoms with Crippen LogP contribution in [0.4, 0.5) is 0 Å². The third-order valence-electron chi connectivity index (χ3n) is 5.02. The minimum absolute atomic E-state index is 0. The van der Waals surface area contributed by atoms with E-state index in [2.05, 4.69) is 19.2 Å². The number of amides is 2. The summed E-state index contributed by atoms with van der Waals surface area (Å²) < 4.78 is 0. The lowest BCUT2D eigenvalue weighted by atomic mass is 9.90. The van der Waals surface area contributed by atoms with Crippen LogP contribution in [-0.2, 0) is 9.59 Å². The second-order valence-corrected chi connectivity index (χ2v) is 7.86. The first kappa shape index (κ1) is 20.2. The SMILES string of the molecule is CC1NCCN(C(=O)C2CCCN(C(=O)C(C)(C)C)C2)C1C.Cl. The van der Waals surface area contributed by atoms with Gasteiger partial charge in [0.25, 0.3) is 0 Å². The van der Waals surface area contributed by atoms with E-state index >= 15 is 0 Å². The number of nitrogens with one attached hydrogen (secondary N) is 1. The van der Waals surface area contributed by atoms with E-state index in [1.54, 1.807) is 0 Å². The molecule has 0 aromatic rings. The van der Waals surface area contributed by atoms with E-state index in [0.29, 0.717) is 12.6 Å².